The standard InChI is InChI=1S/C22H24ClFN4O3.C12H26O4S/c1-29-20-13-19-16(12-21(20)31-8-2-5-28-6-9-30-10-7-28)22(26-14-25-19)27-15-3-4-18(24)17(23)11-15;1-2-3-4-5-6-7-8-9-10-11-12-16-17(13,14)15/h3-4,11-14H,2,5-10H2,1H3,(H,25,26,27);2-12H2,1H3,(H,13,14,15). The van der Waals surface area contributed by atoms with Crippen molar-refractivity contribution in [1.82, 2.24) is 14.9 Å². The van der Waals surface area contributed by atoms with Crippen molar-refractivity contribution in [3.8, 4) is 11.5 Å². The Labute approximate surface area is 289 Å². The summed E-state index contributed by atoms with van der Waals surface area (Å²) in [6.45, 7) is 7.31. The van der Waals surface area contributed by atoms with Crippen molar-refractivity contribution in [1.29, 1.82) is 0 Å². The number of fused-ring (bicyclic) bond motifs is 1. The normalized spacial score (nSPS) is 13.6. The number of rotatable bonds is 20. The molecule has 0 radical (unpaired) electrons. The Morgan fingerprint density at radius 1 is 0.938 bits per heavy atom. The summed E-state index contributed by atoms with van der Waals surface area (Å²) in [7, 11) is -2.63. The van der Waals surface area contributed by atoms with Crippen molar-refractivity contribution in [2.24, 2.45) is 0 Å². The highest BCUT2D eigenvalue weighted by Gasteiger charge is 2.14. The second-order valence-electron chi connectivity index (χ2n) is 11.6. The summed E-state index contributed by atoms with van der Waals surface area (Å²) >= 11 is 5.90. The molecule has 48 heavy (non-hydrogen) atoms. The lowest BCUT2D eigenvalue weighted by molar-refractivity contribution is 0.0357. The lowest BCUT2D eigenvalue weighted by Gasteiger charge is -2.26. The number of hydrogen-bond donors (Lipinski definition) is 2. The molecule has 0 unspecified atom stereocenters. The summed E-state index contributed by atoms with van der Waals surface area (Å²) in [5, 5.41) is 3.97. The molecule has 3 aromatic rings. The van der Waals surface area contributed by atoms with Crippen molar-refractivity contribution in [3.63, 3.8) is 0 Å². The van der Waals surface area contributed by atoms with Crippen molar-refractivity contribution in [2.45, 2.75) is 77.6 Å². The van der Waals surface area contributed by atoms with Crippen molar-refractivity contribution in [3.05, 3.63) is 47.5 Å². The largest absolute Gasteiger partial charge is 0.493 e. The Kier molecular flexibility index (Phi) is 18.2. The Morgan fingerprint density at radius 3 is 2.27 bits per heavy atom. The Morgan fingerprint density at radius 2 is 1.62 bits per heavy atom. The van der Waals surface area contributed by atoms with Gasteiger partial charge in [-0.1, -0.05) is 76.3 Å². The molecular formula is C34H50ClFN4O7S. The first-order valence-electron chi connectivity index (χ1n) is 16.8. The van der Waals surface area contributed by atoms with Gasteiger partial charge >= 0.3 is 10.4 Å². The van der Waals surface area contributed by atoms with Crippen LogP contribution in [0.2, 0.25) is 5.02 Å². The number of anilines is 2. The third-order valence-electron chi connectivity index (χ3n) is 7.81. The SMILES string of the molecule is CCCCCCCCCCCCOS(=O)(=O)O.COc1cc2ncnc(Nc3ccc(F)c(Cl)c3)c2cc1OCCCN1CCOCC1. The van der Waals surface area contributed by atoms with Gasteiger partial charge in [0, 0.05) is 36.8 Å². The van der Waals surface area contributed by atoms with E-state index in [1.165, 1.54) is 63.4 Å². The minimum Gasteiger partial charge on any atom is -0.493 e. The molecule has 1 aliphatic heterocycles. The highest BCUT2D eigenvalue weighted by Crippen LogP contribution is 2.35. The van der Waals surface area contributed by atoms with Crippen LogP contribution in [0, 0.1) is 5.82 Å². The number of aromatic nitrogens is 2. The maximum Gasteiger partial charge on any atom is 0.397 e. The predicted octanol–water partition coefficient (Wildman–Crippen LogP) is 8.00. The van der Waals surface area contributed by atoms with E-state index in [2.05, 4.69) is 31.3 Å². The number of hydrogen-bond acceptors (Lipinski definition) is 10. The lowest BCUT2D eigenvalue weighted by Crippen LogP contribution is -2.37. The van der Waals surface area contributed by atoms with Crippen molar-refractivity contribution in [2.75, 3.05) is 58.5 Å². The fourth-order valence-corrected chi connectivity index (χ4v) is 5.70. The number of ether oxygens (including phenoxy) is 3. The van der Waals surface area contributed by atoms with Gasteiger partial charge in [0.2, 0.25) is 0 Å². The molecule has 14 heteroatoms. The van der Waals surface area contributed by atoms with Gasteiger partial charge in [-0.3, -0.25) is 9.45 Å². The van der Waals surface area contributed by atoms with Crippen LogP contribution in [-0.4, -0.2) is 81.0 Å². The lowest BCUT2D eigenvalue weighted by atomic mass is 10.1. The van der Waals surface area contributed by atoms with Gasteiger partial charge in [0.15, 0.2) is 11.5 Å². The Balaban J connectivity index is 0.000000315. The van der Waals surface area contributed by atoms with Crippen LogP contribution in [0.3, 0.4) is 0 Å². The van der Waals surface area contributed by atoms with Crippen LogP contribution < -0.4 is 14.8 Å². The molecule has 2 heterocycles. The molecule has 0 amide bonds. The topological polar surface area (TPSA) is 132 Å². The first-order valence-corrected chi connectivity index (χ1v) is 18.5. The molecule has 268 valence electrons. The average molecular weight is 713 g/mol. The number of unbranched alkanes of at least 4 members (excludes halogenated alkanes) is 9. The van der Waals surface area contributed by atoms with E-state index in [4.69, 9.17) is 30.4 Å². The van der Waals surface area contributed by atoms with Crippen LogP contribution in [-0.2, 0) is 19.3 Å². The molecule has 1 aliphatic rings. The third kappa shape index (κ3) is 15.2. The zero-order chi connectivity index (χ0) is 34.6. The Hall–Kier alpha value is -2.81. The molecule has 1 fully saturated rings. The predicted molar refractivity (Wildman–Crippen MR) is 187 cm³/mol. The fourth-order valence-electron chi connectivity index (χ4n) is 5.20. The fraction of sp³-hybridized carbons (Fsp3) is 0.588. The van der Waals surface area contributed by atoms with E-state index in [0.29, 0.717) is 41.5 Å². The van der Waals surface area contributed by atoms with Gasteiger partial charge in [0.05, 0.1) is 44.1 Å². The van der Waals surface area contributed by atoms with Gasteiger partial charge in [-0.05, 0) is 37.1 Å². The molecule has 1 aromatic heterocycles. The maximum absolute atomic E-state index is 13.5. The first-order chi connectivity index (χ1) is 23.2. The maximum atomic E-state index is 13.5. The van der Waals surface area contributed by atoms with Gasteiger partial charge in [0.1, 0.15) is 18.0 Å². The quantitative estimate of drug-likeness (QED) is 0.0872. The van der Waals surface area contributed by atoms with E-state index in [1.807, 2.05) is 12.1 Å². The van der Waals surface area contributed by atoms with E-state index in [-0.39, 0.29) is 11.6 Å². The van der Waals surface area contributed by atoms with Crippen LogP contribution in [0.1, 0.15) is 77.6 Å². The van der Waals surface area contributed by atoms with E-state index in [0.717, 1.165) is 57.5 Å². The summed E-state index contributed by atoms with van der Waals surface area (Å²) in [6.07, 6.45) is 14.2. The average Bonchev–Trinajstić information content (AvgIpc) is 3.07. The molecule has 0 aliphatic carbocycles. The van der Waals surface area contributed by atoms with Gasteiger partial charge < -0.3 is 19.5 Å². The van der Waals surface area contributed by atoms with E-state index in [9.17, 15) is 12.8 Å². The summed E-state index contributed by atoms with van der Waals surface area (Å²) in [5.41, 5.74) is 1.32. The van der Waals surface area contributed by atoms with Gasteiger partial charge in [-0.25, -0.2) is 18.5 Å². The van der Waals surface area contributed by atoms with Gasteiger partial charge in [0.25, 0.3) is 0 Å². The number of nitrogens with zero attached hydrogens (tertiary/aromatic N) is 3. The highest BCUT2D eigenvalue weighted by molar-refractivity contribution is 7.80. The van der Waals surface area contributed by atoms with Crippen LogP contribution >= 0.6 is 11.6 Å². The van der Waals surface area contributed by atoms with E-state index >= 15 is 0 Å². The summed E-state index contributed by atoms with van der Waals surface area (Å²) in [5.74, 6) is 1.31. The minimum atomic E-state index is -4.23. The Bertz CT molecular complexity index is 1480. The molecule has 2 N–H and O–H groups in total. The molecular weight excluding hydrogens is 663 g/mol. The van der Waals surface area contributed by atoms with E-state index < -0.39 is 16.2 Å². The molecule has 0 atom stereocenters. The summed E-state index contributed by atoms with van der Waals surface area (Å²) < 4.78 is 63.4. The second kappa shape index (κ2) is 22.0. The molecule has 1 saturated heterocycles. The zero-order valence-electron chi connectivity index (χ0n) is 28.1. The molecule has 0 spiro atoms. The van der Waals surface area contributed by atoms with Crippen molar-refractivity contribution < 1.29 is 35.8 Å². The van der Waals surface area contributed by atoms with Gasteiger partial charge in [-0.2, -0.15) is 8.42 Å². The number of benzene rings is 2. The van der Waals surface area contributed by atoms with Crippen LogP contribution in [0.4, 0.5) is 15.9 Å². The zero-order valence-corrected chi connectivity index (χ0v) is 29.7. The number of nitrogens with one attached hydrogen (secondary N) is 1. The molecule has 0 saturated carbocycles. The van der Waals surface area contributed by atoms with Crippen LogP contribution in [0.15, 0.2) is 36.7 Å². The third-order valence-corrected chi connectivity index (χ3v) is 8.57. The molecule has 2 aromatic carbocycles. The summed E-state index contributed by atoms with van der Waals surface area (Å²) in [6, 6.07) is 8.09. The smallest absolute Gasteiger partial charge is 0.397 e. The summed E-state index contributed by atoms with van der Waals surface area (Å²) in [4.78, 5) is 11.0. The monoisotopic (exact) mass is 712 g/mol. The number of halogens is 2. The molecule has 4 rings (SSSR count). The van der Waals surface area contributed by atoms with Crippen LogP contribution in [0.25, 0.3) is 10.9 Å². The highest BCUT2D eigenvalue weighted by atomic mass is 35.5. The van der Waals surface area contributed by atoms with Crippen molar-refractivity contribution >= 4 is 44.4 Å². The molecule has 11 nitrogen and oxygen atoms in total. The molecule has 0 bridgehead atoms. The van der Waals surface area contributed by atoms with Crippen LogP contribution in [0.5, 0.6) is 11.5 Å². The minimum absolute atomic E-state index is 0.0364. The number of morpholine rings is 1. The van der Waals surface area contributed by atoms with E-state index in [1.54, 1.807) is 13.2 Å². The number of methoxy groups -OCH3 is 1. The van der Waals surface area contributed by atoms with Gasteiger partial charge in [-0.15, -0.1) is 0 Å². The second-order valence-corrected chi connectivity index (χ2v) is 13.1. The first kappa shape index (κ1) is 39.6.